The van der Waals surface area contributed by atoms with E-state index in [-0.39, 0.29) is 17.7 Å². The van der Waals surface area contributed by atoms with E-state index in [0.29, 0.717) is 0 Å². The second-order valence-corrected chi connectivity index (χ2v) is 26.1. The minimum absolute atomic E-state index is 0.0254. The Morgan fingerprint density at radius 2 is 0.958 bits per heavy atom. The minimum atomic E-state index is -2.85. The van der Waals surface area contributed by atoms with Gasteiger partial charge in [0.1, 0.15) is 0 Å². The summed E-state index contributed by atoms with van der Waals surface area (Å²) in [7, 11) is -2.85. The first-order valence-electron chi connectivity index (χ1n) is 25.4. The number of aromatic nitrogens is 1. The number of benzene rings is 10. The topological polar surface area (TPSA) is 11.4 Å². The Bertz CT molecular complexity index is 3990. The second kappa shape index (κ2) is 14.1. The monoisotopic (exact) mass is 925 g/mol. The standard InChI is InChI=1S/C66H52BN3Si/c1-65(2,3)42-30-34-44(35-31-42)68(45-36-32-43(33-37-45)66(4,5)6)46-39-53-51-22-16-28-60-64(51)70(55-24-11-14-27-59(55)71(60)57-25-12-9-19-48(57)49-20-10-13-26-58(49)71)67-54-23-15-21-50-52-38-29-41-17-7-8-18-47(41)62(52)69(63(50)54)56(40-46)61(53)67/h7-40H,1-6H3. The molecule has 0 N–H and O–H groups in total. The highest BCUT2D eigenvalue weighted by Crippen LogP contribution is 2.50. The summed E-state index contributed by atoms with van der Waals surface area (Å²) in [5.74, 6) is 0. The van der Waals surface area contributed by atoms with Crippen LogP contribution in [0, 0.1) is 0 Å². The molecule has 0 amide bonds. The van der Waals surface area contributed by atoms with Crippen molar-refractivity contribution in [3.05, 3.63) is 217 Å². The molecule has 1 aromatic heterocycles. The van der Waals surface area contributed by atoms with Crippen molar-refractivity contribution in [1.29, 1.82) is 0 Å². The Balaban J connectivity index is 1.10. The molecule has 3 nitrogen and oxygen atoms in total. The first kappa shape index (κ1) is 41.0. The average molecular weight is 926 g/mol. The first-order valence-corrected chi connectivity index (χ1v) is 27.4. The quantitative estimate of drug-likeness (QED) is 0.164. The average Bonchev–Trinajstić information content (AvgIpc) is 3.89. The summed E-state index contributed by atoms with van der Waals surface area (Å²) in [5.41, 5.74) is 20.6. The highest BCUT2D eigenvalue weighted by molar-refractivity contribution is 7.24. The number of anilines is 5. The number of fused-ring (bicyclic) bond motifs is 18. The fourth-order valence-corrected chi connectivity index (χ4v) is 19.1. The van der Waals surface area contributed by atoms with Crippen LogP contribution >= 0.6 is 0 Å². The summed E-state index contributed by atoms with van der Waals surface area (Å²) in [6.45, 7) is 13.7. The lowest BCUT2D eigenvalue weighted by molar-refractivity contribution is 0.590. The van der Waals surface area contributed by atoms with Crippen LogP contribution < -0.4 is 41.4 Å². The van der Waals surface area contributed by atoms with Crippen LogP contribution in [0.3, 0.4) is 0 Å². The van der Waals surface area contributed by atoms with E-state index in [1.165, 1.54) is 115 Å². The molecule has 4 aliphatic rings. The van der Waals surface area contributed by atoms with Gasteiger partial charge >= 0.3 is 6.85 Å². The molecule has 71 heavy (non-hydrogen) atoms. The molecule has 0 unspecified atom stereocenters. The Morgan fingerprint density at radius 1 is 0.408 bits per heavy atom. The predicted molar refractivity (Wildman–Crippen MR) is 306 cm³/mol. The van der Waals surface area contributed by atoms with Crippen molar-refractivity contribution in [3.63, 3.8) is 0 Å². The maximum absolute atomic E-state index is 2.85. The largest absolute Gasteiger partial charge is 0.376 e. The molecule has 0 aliphatic carbocycles. The van der Waals surface area contributed by atoms with Crippen LogP contribution in [0.1, 0.15) is 52.7 Å². The van der Waals surface area contributed by atoms with Gasteiger partial charge in [-0.3, -0.25) is 0 Å². The molecule has 15 rings (SSSR count). The molecule has 5 heterocycles. The van der Waals surface area contributed by atoms with Crippen molar-refractivity contribution in [3.8, 4) is 27.9 Å². The van der Waals surface area contributed by atoms with Gasteiger partial charge in [0, 0.05) is 55.8 Å². The normalized spacial score (nSPS) is 14.4. The highest BCUT2D eigenvalue weighted by Gasteiger charge is 2.57. The van der Waals surface area contributed by atoms with E-state index in [9.17, 15) is 0 Å². The summed E-state index contributed by atoms with van der Waals surface area (Å²) in [6.07, 6.45) is 0. The van der Waals surface area contributed by atoms with Crippen molar-refractivity contribution in [2.24, 2.45) is 0 Å². The molecule has 0 saturated carbocycles. The summed E-state index contributed by atoms with van der Waals surface area (Å²) in [5, 5.41) is 11.0. The first-order chi connectivity index (χ1) is 34.5. The molecule has 0 saturated heterocycles. The molecule has 11 aromatic rings. The Kier molecular flexibility index (Phi) is 8.16. The Labute approximate surface area is 417 Å². The van der Waals surface area contributed by atoms with Gasteiger partial charge in [-0.25, -0.2) is 0 Å². The summed E-state index contributed by atoms with van der Waals surface area (Å²) in [4.78, 5) is 5.30. The number of hydrogen-bond donors (Lipinski definition) is 0. The Hall–Kier alpha value is -7.86. The lowest BCUT2D eigenvalue weighted by Crippen LogP contribution is -2.78. The van der Waals surface area contributed by atoms with Crippen LogP contribution in [0.2, 0.25) is 0 Å². The molecule has 0 atom stereocenters. The van der Waals surface area contributed by atoms with Crippen molar-refractivity contribution in [2.75, 3.05) is 9.71 Å². The number of hydrogen-bond acceptors (Lipinski definition) is 2. The van der Waals surface area contributed by atoms with Gasteiger partial charge in [-0.2, -0.15) is 0 Å². The maximum atomic E-state index is 2.79. The van der Waals surface area contributed by atoms with Crippen LogP contribution in [0.15, 0.2) is 206 Å². The van der Waals surface area contributed by atoms with Crippen molar-refractivity contribution >= 4 is 108 Å². The van der Waals surface area contributed by atoms with Gasteiger partial charge in [-0.15, -0.1) is 0 Å². The van der Waals surface area contributed by atoms with E-state index in [0.717, 1.165) is 17.1 Å². The third-order valence-electron chi connectivity index (χ3n) is 16.6. The van der Waals surface area contributed by atoms with Crippen LogP contribution in [0.4, 0.5) is 28.4 Å². The predicted octanol–water partition coefficient (Wildman–Crippen LogP) is 12.9. The van der Waals surface area contributed by atoms with E-state index < -0.39 is 8.07 Å². The van der Waals surface area contributed by atoms with Gasteiger partial charge in [0.2, 0.25) is 0 Å². The van der Waals surface area contributed by atoms with Crippen LogP contribution in [0.5, 0.6) is 0 Å². The van der Waals surface area contributed by atoms with E-state index >= 15 is 0 Å². The molecular formula is C66H52BN3Si. The molecule has 10 aromatic carbocycles. The van der Waals surface area contributed by atoms with Crippen LogP contribution in [0.25, 0.3) is 60.5 Å². The van der Waals surface area contributed by atoms with E-state index in [2.05, 4.69) is 262 Å². The molecule has 1 spiro atoms. The molecule has 0 fully saturated rings. The maximum Gasteiger partial charge on any atom is 0.333 e. The number of nitrogens with zero attached hydrogens (tertiary/aromatic N) is 3. The molecule has 4 aliphatic heterocycles. The zero-order valence-corrected chi connectivity index (χ0v) is 42.0. The SMILES string of the molecule is CC(C)(C)c1ccc(N(c2ccc(C(C)(C)C)cc2)c2cc3c4c(c2)-n2c5c(cccc5c5ccc6ccccc6c52)B4N2c4ccccc4[Si]4(c5ccccc5-c5ccccc54)c4cccc-3c42)cc1. The van der Waals surface area contributed by atoms with Crippen molar-refractivity contribution < 1.29 is 0 Å². The van der Waals surface area contributed by atoms with E-state index in [1.54, 1.807) is 0 Å². The van der Waals surface area contributed by atoms with Crippen LogP contribution in [-0.2, 0) is 10.8 Å². The highest BCUT2D eigenvalue weighted by atomic mass is 28.3. The molecule has 338 valence electrons. The van der Waals surface area contributed by atoms with Crippen LogP contribution in [-0.4, -0.2) is 19.5 Å². The fourth-order valence-electron chi connectivity index (χ4n) is 13.5. The van der Waals surface area contributed by atoms with Gasteiger partial charge < -0.3 is 14.3 Å². The van der Waals surface area contributed by atoms with Gasteiger partial charge in [0.15, 0.2) is 8.07 Å². The molecule has 5 heteroatoms. The minimum Gasteiger partial charge on any atom is -0.376 e. The fraction of sp³-hybridized carbons (Fsp3) is 0.121. The summed E-state index contributed by atoms with van der Waals surface area (Å²) in [6, 6.07) is 80.0. The summed E-state index contributed by atoms with van der Waals surface area (Å²) < 4.78 is 2.66. The van der Waals surface area contributed by atoms with Gasteiger partial charge in [0.25, 0.3) is 0 Å². The zero-order chi connectivity index (χ0) is 47.7. The molecular weight excluding hydrogens is 874 g/mol. The Morgan fingerprint density at radius 3 is 1.63 bits per heavy atom. The molecule has 0 radical (unpaired) electrons. The van der Waals surface area contributed by atoms with E-state index in [4.69, 9.17) is 0 Å². The molecule has 0 bridgehead atoms. The van der Waals surface area contributed by atoms with Gasteiger partial charge in [0.05, 0.1) is 11.0 Å². The lowest BCUT2D eigenvalue weighted by Gasteiger charge is -2.50. The lowest BCUT2D eigenvalue weighted by atomic mass is 9.44. The van der Waals surface area contributed by atoms with Gasteiger partial charge in [-0.05, 0) is 118 Å². The third kappa shape index (κ3) is 5.34. The van der Waals surface area contributed by atoms with Gasteiger partial charge in [-0.1, -0.05) is 205 Å². The summed E-state index contributed by atoms with van der Waals surface area (Å²) >= 11 is 0. The number of para-hydroxylation sites is 3. The third-order valence-corrected chi connectivity index (χ3v) is 21.6. The van der Waals surface area contributed by atoms with Crippen molar-refractivity contribution in [2.45, 2.75) is 52.4 Å². The zero-order valence-electron chi connectivity index (χ0n) is 41.0. The second-order valence-electron chi connectivity index (χ2n) is 22.4. The van der Waals surface area contributed by atoms with Crippen molar-refractivity contribution in [1.82, 2.24) is 4.57 Å². The van der Waals surface area contributed by atoms with E-state index in [1.807, 2.05) is 0 Å². The smallest absolute Gasteiger partial charge is 0.333 e. The number of rotatable bonds is 3.